The third-order valence-corrected chi connectivity index (χ3v) is 3.38. The van der Waals surface area contributed by atoms with Gasteiger partial charge in [0.15, 0.2) is 0 Å². The number of hydrogen-bond donors (Lipinski definition) is 1. The molecule has 1 N–H and O–H groups in total. The second-order valence-electron chi connectivity index (χ2n) is 3.92. The molecular formula is C12H17N3S. The average Bonchev–Trinajstić information content (AvgIpc) is 2.70. The number of nitrogens with zero attached hydrogens (tertiary/aromatic N) is 2. The minimum Gasteiger partial charge on any atom is -0.308 e. The first-order valence-electron chi connectivity index (χ1n) is 5.44. The molecule has 0 radical (unpaired) electrons. The summed E-state index contributed by atoms with van der Waals surface area (Å²) in [5.41, 5.74) is 2.22. The summed E-state index contributed by atoms with van der Waals surface area (Å²) in [6.45, 7) is 3.08. The predicted molar refractivity (Wildman–Crippen MR) is 69.9 cm³/mol. The second kappa shape index (κ2) is 5.37. The van der Waals surface area contributed by atoms with Crippen LogP contribution in [0.5, 0.6) is 0 Å². The summed E-state index contributed by atoms with van der Waals surface area (Å²) in [7, 11) is 0. The summed E-state index contributed by atoms with van der Waals surface area (Å²) in [5.74, 6) is 1.14. The van der Waals surface area contributed by atoms with Gasteiger partial charge >= 0.3 is 0 Å². The first-order chi connectivity index (χ1) is 7.81. The van der Waals surface area contributed by atoms with E-state index in [1.165, 1.54) is 5.69 Å². The van der Waals surface area contributed by atoms with E-state index in [1.54, 1.807) is 0 Å². The van der Waals surface area contributed by atoms with Crippen LogP contribution in [0.1, 0.15) is 12.6 Å². The zero-order valence-electron chi connectivity index (χ0n) is 9.68. The van der Waals surface area contributed by atoms with Crippen molar-refractivity contribution in [3.05, 3.63) is 36.3 Å². The number of thioether (sulfide) groups is 1. The molecule has 3 nitrogen and oxygen atoms in total. The van der Waals surface area contributed by atoms with Gasteiger partial charge in [-0.1, -0.05) is 6.07 Å². The van der Waals surface area contributed by atoms with E-state index < -0.39 is 0 Å². The monoisotopic (exact) mass is 235 g/mol. The number of pyridine rings is 1. The van der Waals surface area contributed by atoms with Crippen molar-refractivity contribution in [2.24, 2.45) is 0 Å². The summed E-state index contributed by atoms with van der Waals surface area (Å²) >= 11 is 1.87. The first kappa shape index (κ1) is 11.5. The van der Waals surface area contributed by atoms with E-state index in [-0.39, 0.29) is 0 Å². The Morgan fingerprint density at radius 3 is 3.19 bits per heavy atom. The molecule has 2 aromatic rings. The van der Waals surface area contributed by atoms with E-state index in [0.29, 0.717) is 6.04 Å². The fourth-order valence-electron chi connectivity index (χ4n) is 1.70. The molecule has 2 rings (SSSR count). The number of hydrogen-bond acceptors (Lipinski definition) is 3. The Morgan fingerprint density at radius 1 is 1.50 bits per heavy atom. The molecule has 2 aromatic heterocycles. The quantitative estimate of drug-likeness (QED) is 0.861. The minimum absolute atomic E-state index is 0.532. The van der Waals surface area contributed by atoms with Crippen LogP contribution in [0.25, 0.3) is 5.65 Å². The van der Waals surface area contributed by atoms with E-state index in [0.717, 1.165) is 17.9 Å². The number of rotatable bonds is 5. The maximum Gasteiger partial charge on any atom is 0.136 e. The molecule has 0 saturated carbocycles. The fraction of sp³-hybridized carbons (Fsp3) is 0.417. The van der Waals surface area contributed by atoms with Crippen molar-refractivity contribution in [3.8, 4) is 0 Å². The maximum absolute atomic E-state index is 4.36. The highest BCUT2D eigenvalue weighted by Gasteiger charge is 2.04. The Labute approximate surface area is 100 Å². The maximum atomic E-state index is 4.36. The molecule has 86 valence electrons. The summed E-state index contributed by atoms with van der Waals surface area (Å²) in [5, 5.41) is 3.50. The van der Waals surface area contributed by atoms with Crippen LogP contribution < -0.4 is 5.32 Å². The summed E-state index contributed by atoms with van der Waals surface area (Å²) in [4.78, 5) is 4.36. The van der Waals surface area contributed by atoms with Crippen LogP contribution in [0.4, 0.5) is 0 Å². The third kappa shape index (κ3) is 2.57. The van der Waals surface area contributed by atoms with Gasteiger partial charge in [0, 0.05) is 24.5 Å². The van der Waals surface area contributed by atoms with Crippen molar-refractivity contribution < 1.29 is 0 Å². The highest BCUT2D eigenvalue weighted by molar-refractivity contribution is 7.98. The topological polar surface area (TPSA) is 29.3 Å². The molecule has 0 spiro atoms. The molecule has 0 aliphatic carbocycles. The largest absolute Gasteiger partial charge is 0.308 e. The fourth-order valence-corrected chi connectivity index (χ4v) is 2.32. The van der Waals surface area contributed by atoms with E-state index >= 15 is 0 Å². The molecule has 16 heavy (non-hydrogen) atoms. The highest BCUT2D eigenvalue weighted by atomic mass is 32.2. The molecule has 0 aliphatic rings. The standard InChI is InChI=1S/C12H17N3S/c1-10(9-16-2)13-7-11-8-14-12-5-3-4-6-15(11)12/h3-6,8,10,13H,7,9H2,1-2H3. The number of fused-ring (bicyclic) bond motifs is 1. The van der Waals surface area contributed by atoms with Crippen LogP contribution in [-0.2, 0) is 6.54 Å². The van der Waals surface area contributed by atoms with Gasteiger partial charge in [-0.15, -0.1) is 0 Å². The number of imidazole rings is 1. The Balaban J connectivity index is 2.04. The second-order valence-corrected chi connectivity index (χ2v) is 4.83. The Hall–Kier alpha value is -1.00. The van der Waals surface area contributed by atoms with Crippen LogP contribution in [0.3, 0.4) is 0 Å². The molecule has 0 aliphatic heterocycles. The minimum atomic E-state index is 0.532. The lowest BCUT2D eigenvalue weighted by atomic mass is 10.3. The van der Waals surface area contributed by atoms with Crippen molar-refractivity contribution in [2.75, 3.05) is 12.0 Å². The summed E-state index contributed by atoms with van der Waals surface area (Å²) in [6.07, 6.45) is 6.12. The Kier molecular flexibility index (Phi) is 3.85. The first-order valence-corrected chi connectivity index (χ1v) is 6.84. The number of aromatic nitrogens is 2. The van der Waals surface area contributed by atoms with Crippen molar-refractivity contribution >= 4 is 17.4 Å². The molecule has 0 amide bonds. The van der Waals surface area contributed by atoms with Gasteiger partial charge in [0.25, 0.3) is 0 Å². The lowest BCUT2D eigenvalue weighted by Gasteiger charge is -2.11. The molecular weight excluding hydrogens is 218 g/mol. The Bertz CT molecular complexity index is 452. The SMILES string of the molecule is CSCC(C)NCc1cnc2ccccn12. The normalized spacial score (nSPS) is 13.1. The lowest BCUT2D eigenvalue weighted by molar-refractivity contribution is 0.586. The molecule has 2 heterocycles. The molecule has 0 aromatic carbocycles. The number of nitrogens with one attached hydrogen (secondary N) is 1. The van der Waals surface area contributed by atoms with Gasteiger partial charge in [0.05, 0.1) is 11.9 Å². The summed E-state index contributed by atoms with van der Waals surface area (Å²) in [6, 6.07) is 6.60. The zero-order chi connectivity index (χ0) is 11.4. The van der Waals surface area contributed by atoms with Gasteiger partial charge in [0.1, 0.15) is 5.65 Å². The van der Waals surface area contributed by atoms with Crippen LogP contribution in [0.15, 0.2) is 30.6 Å². The van der Waals surface area contributed by atoms with Gasteiger partial charge in [-0.3, -0.25) is 0 Å². The predicted octanol–water partition coefficient (Wildman–Crippen LogP) is 2.18. The van der Waals surface area contributed by atoms with E-state index in [9.17, 15) is 0 Å². The van der Waals surface area contributed by atoms with Gasteiger partial charge in [-0.2, -0.15) is 11.8 Å². The van der Waals surface area contributed by atoms with Crippen LogP contribution in [0, 0.1) is 0 Å². The van der Waals surface area contributed by atoms with Crippen molar-refractivity contribution in [3.63, 3.8) is 0 Å². The van der Waals surface area contributed by atoms with Crippen molar-refractivity contribution in [2.45, 2.75) is 19.5 Å². The molecule has 1 unspecified atom stereocenters. The molecule has 0 bridgehead atoms. The van der Waals surface area contributed by atoms with Crippen LogP contribution >= 0.6 is 11.8 Å². The van der Waals surface area contributed by atoms with E-state index in [2.05, 4.69) is 34.1 Å². The van der Waals surface area contributed by atoms with Crippen molar-refractivity contribution in [1.82, 2.24) is 14.7 Å². The highest BCUT2D eigenvalue weighted by Crippen LogP contribution is 2.06. The van der Waals surface area contributed by atoms with Gasteiger partial charge in [0.2, 0.25) is 0 Å². The van der Waals surface area contributed by atoms with Crippen molar-refractivity contribution in [1.29, 1.82) is 0 Å². The molecule has 1 atom stereocenters. The van der Waals surface area contributed by atoms with Gasteiger partial charge in [-0.05, 0) is 25.3 Å². The lowest BCUT2D eigenvalue weighted by Crippen LogP contribution is -2.28. The van der Waals surface area contributed by atoms with Gasteiger partial charge in [-0.25, -0.2) is 4.98 Å². The average molecular weight is 235 g/mol. The summed E-state index contributed by atoms with van der Waals surface area (Å²) < 4.78 is 2.12. The third-order valence-electron chi connectivity index (χ3n) is 2.54. The van der Waals surface area contributed by atoms with E-state index in [1.807, 2.05) is 36.2 Å². The van der Waals surface area contributed by atoms with Crippen LogP contribution in [-0.4, -0.2) is 27.4 Å². The smallest absolute Gasteiger partial charge is 0.136 e. The van der Waals surface area contributed by atoms with Gasteiger partial charge < -0.3 is 9.72 Å². The Morgan fingerprint density at radius 2 is 2.38 bits per heavy atom. The molecule has 4 heteroatoms. The molecule has 0 fully saturated rings. The molecule has 0 saturated heterocycles. The van der Waals surface area contributed by atoms with Crippen LogP contribution in [0.2, 0.25) is 0 Å². The van der Waals surface area contributed by atoms with E-state index in [4.69, 9.17) is 0 Å². The zero-order valence-corrected chi connectivity index (χ0v) is 10.5.